The van der Waals surface area contributed by atoms with Crippen LogP contribution in [0.2, 0.25) is 0 Å². The van der Waals surface area contributed by atoms with Gasteiger partial charge in [-0.3, -0.25) is 4.79 Å². The molecule has 0 aromatic carbocycles. The molecule has 1 aliphatic carbocycles. The van der Waals surface area contributed by atoms with Gasteiger partial charge in [0.05, 0.1) is 17.8 Å². The number of nitrogens with zero attached hydrogens (tertiary/aromatic N) is 6. The molecule has 1 atom stereocenters. The van der Waals surface area contributed by atoms with E-state index in [2.05, 4.69) is 31.6 Å². The lowest BCUT2D eigenvalue weighted by molar-refractivity contribution is 0.0932. The maximum atomic E-state index is 12.4. The molecule has 1 amide bonds. The summed E-state index contributed by atoms with van der Waals surface area (Å²) in [5.41, 5.74) is 1.85. The molecular formula is C20H25N7O. The Bertz CT molecular complexity index is 894. The SMILES string of the molecule is Cc1ccc(C#N)c(N2CCC[C@H](n3cc(C(=O)NC4CCCC4)nn3)C2)n1. The van der Waals surface area contributed by atoms with Gasteiger partial charge in [-0.05, 0) is 44.7 Å². The number of nitriles is 1. The number of rotatable bonds is 4. The predicted octanol–water partition coefficient (Wildman–Crippen LogP) is 2.37. The molecule has 0 spiro atoms. The highest BCUT2D eigenvalue weighted by molar-refractivity contribution is 5.92. The van der Waals surface area contributed by atoms with Gasteiger partial charge in [-0.15, -0.1) is 5.10 Å². The molecule has 0 unspecified atom stereocenters. The first-order chi connectivity index (χ1) is 13.6. The number of amides is 1. The van der Waals surface area contributed by atoms with E-state index in [1.165, 1.54) is 12.8 Å². The lowest BCUT2D eigenvalue weighted by atomic mass is 10.1. The molecule has 2 aliphatic rings. The molecule has 28 heavy (non-hydrogen) atoms. The summed E-state index contributed by atoms with van der Waals surface area (Å²) in [5, 5.41) is 20.8. The van der Waals surface area contributed by atoms with Crippen LogP contribution in [0, 0.1) is 18.3 Å². The molecular weight excluding hydrogens is 354 g/mol. The van der Waals surface area contributed by atoms with Gasteiger partial charge in [-0.1, -0.05) is 18.1 Å². The molecule has 8 nitrogen and oxygen atoms in total. The molecule has 2 aromatic heterocycles. The molecule has 0 bridgehead atoms. The van der Waals surface area contributed by atoms with E-state index in [1.54, 1.807) is 10.9 Å². The summed E-state index contributed by atoms with van der Waals surface area (Å²) >= 11 is 0. The van der Waals surface area contributed by atoms with E-state index in [9.17, 15) is 10.1 Å². The minimum Gasteiger partial charge on any atom is -0.353 e. The highest BCUT2D eigenvalue weighted by Crippen LogP contribution is 2.27. The number of piperidine rings is 1. The molecule has 1 saturated carbocycles. The number of hydrogen-bond acceptors (Lipinski definition) is 6. The van der Waals surface area contributed by atoms with E-state index >= 15 is 0 Å². The van der Waals surface area contributed by atoms with E-state index in [4.69, 9.17) is 0 Å². The monoisotopic (exact) mass is 379 g/mol. The number of hydrogen-bond donors (Lipinski definition) is 1. The molecule has 146 valence electrons. The van der Waals surface area contributed by atoms with E-state index < -0.39 is 0 Å². The van der Waals surface area contributed by atoms with E-state index in [0.29, 0.717) is 17.8 Å². The number of pyridine rings is 1. The van der Waals surface area contributed by atoms with Crippen molar-refractivity contribution in [3.8, 4) is 6.07 Å². The minimum atomic E-state index is -0.141. The summed E-state index contributed by atoms with van der Waals surface area (Å²) in [4.78, 5) is 19.1. The zero-order valence-electron chi connectivity index (χ0n) is 16.1. The quantitative estimate of drug-likeness (QED) is 0.875. The van der Waals surface area contributed by atoms with Crippen molar-refractivity contribution in [2.24, 2.45) is 0 Å². The standard InChI is InChI=1S/C20H25N7O/c1-14-8-9-15(11-21)19(22-14)26-10-4-7-17(12-26)27-13-18(24-25-27)20(28)23-16-5-2-3-6-16/h8-9,13,16-17H,2-7,10,12H2,1H3,(H,23,28)/t17-/m0/s1. The fourth-order valence-electron chi connectivity index (χ4n) is 4.12. The van der Waals surface area contributed by atoms with Crippen LogP contribution in [0.1, 0.15) is 66.3 Å². The second-order valence-corrected chi connectivity index (χ2v) is 7.72. The van der Waals surface area contributed by atoms with Crippen molar-refractivity contribution < 1.29 is 4.79 Å². The zero-order chi connectivity index (χ0) is 19.5. The normalized spacial score (nSPS) is 20.1. The molecule has 0 radical (unpaired) electrons. The van der Waals surface area contributed by atoms with Crippen LogP contribution in [0.15, 0.2) is 18.3 Å². The van der Waals surface area contributed by atoms with E-state index in [1.807, 2.05) is 19.1 Å². The molecule has 3 heterocycles. The Hall–Kier alpha value is -2.95. The third-order valence-electron chi connectivity index (χ3n) is 5.64. The summed E-state index contributed by atoms with van der Waals surface area (Å²) < 4.78 is 1.79. The van der Waals surface area contributed by atoms with Crippen molar-refractivity contribution in [2.75, 3.05) is 18.0 Å². The Balaban J connectivity index is 1.47. The fraction of sp³-hybridized carbons (Fsp3) is 0.550. The van der Waals surface area contributed by atoms with Crippen molar-refractivity contribution in [2.45, 2.75) is 57.5 Å². The second kappa shape index (κ2) is 7.97. The summed E-state index contributed by atoms with van der Waals surface area (Å²) in [6, 6.07) is 6.28. The summed E-state index contributed by atoms with van der Waals surface area (Å²) in [6.07, 6.45) is 8.10. The van der Waals surface area contributed by atoms with Gasteiger partial charge in [-0.2, -0.15) is 5.26 Å². The molecule has 8 heteroatoms. The van der Waals surface area contributed by atoms with Crippen molar-refractivity contribution in [1.29, 1.82) is 5.26 Å². The van der Waals surface area contributed by atoms with Gasteiger partial charge in [-0.25, -0.2) is 9.67 Å². The van der Waals surface area contributed by atoms with Gasteiger partial charge in [0, 0.05) is 24.8 Å². The molecule has 2 aromatic rings. The molecule has 2 fully saturated rings. The summed E-state index contributed by atoms with van der Waals surface area (Å²) in [6.45, 7) is 3.47. The van der Waals surface area contributed by atoms with E-state index in [0.717, 1.165) is 43.7 Å². The van der Waals surface area contributed by atoms with Crippen LogP contribution in [0.25, 0.3) is 0 Å². The maximum Gasteiger partial charge on any atom is 0.273 e. The van der Waals surface area contributed by atoms with Crippen LogP contribution in [-0.4, -0.2) is 45.0 Å². The third kappa shape index (κ3) is 3.84. The van der Waals surface area contributed by atoms with Gasteiger partial charge in [0.15, 0.2) is 5.69 Å². The largest absolute Gasteiger partial charge is 0.353 e. The first-order valence-corrected chi connectivity index (χ1v) is 9.99. The molecule has 4 rings (SSSR count). The minimum absolute atomic E-state index is 0.100. The molecule has 1 aliphatic heterocycles. The van der Waals surface area contributed by atoms with Crippen molar-refractivity contribution in [3.63, 3.8) is 0 Å². The maximum absolute atomic E-state index is 12.4. The highest BCUT2D eigenvalue weighted by Gasteiger charge is 2.26. The Labute approximate surface area is 164 Å². The molecule has 1 N–H and O–H groups in total. The zero-order valence-corrected chi connectivity index (χ0v) is 16.1. The van der Waals surface area contributed by atoms with Gasteiger partial charge >= 0.3 is 0 Å². The topological polar surface area (TPSA) is 99.7 Å². The van der Waals surface area contributed by atoms with Crippen LogP contribution in [0.5, 0.6) is 0 Å². The lowest BCUT2D eigenvalue weighted by Gasteiger charge is -2.33. The predicted molar refractivity (Wildman–Crippen MR) is 104 cm³/mol. The van der Waals surface area contributed by atoms with Crippen molar-refractivity contribution >= 4 is 11.7 Å². The Morgan fingerprint density at radius 1 is 1.25 bits per heavy atom. The van der Waals surface area contributed by atoms with Gasteiger partial charge in [0.25, 0.3) is 5.91 Å². The van der Waals surface area contributed by atoms with Gasteiger partial charge in [0.1, 0.15) is 11.9 Å². The first kappa shape index (κ1) is 18.4. The molecule has 1 saturated heterocycles. The second-order valence-electron chi connectivity index (χ2n) is 7.72. The van der Waals surface area contributed by atoms with Gasteiger partial charge < -0.3 is 10.2 Å². The van der Waals surface area contributed by atoms with E-state index in [-0.39, 0.29) is 18.0 Å². The smallest absolute Gasteiger partial charge is 0.273 e. The number of carbonyl (C=O) groups is 1. The average Bonchev–Trinajstić information content (AvgIpc) is 3.40. The van der Waals surface area contributed by atoms with Crippen LogP contribution in [0.3, 0.4) is 0 Å². The fourth-order valence-corrected chi connectivity index (χ4v) is 4.12. The van der Waals surface area contributed by atoms with Crippen molar-refractivity contribution in [3.05, 3.63) is 35.3 Å². The van der Waals surface area contributed by atoms with Crippen LogP contribution >= 0.6 is 0 Å². The Morgan fingerprint density at radius 3 is 2.86 bits per heavy atom. The average molecular weight is 379 g/mol. The number of carbonyl (C=O) groups excluding carboxylic acids is 1. The van der Waals surface area contributed by atoms with Gasteiger partial charge in [0.2, 0.25) is 0 Å². The van der Waals surface area contributed by atoms with Crippen LogP contribution < -0.4 is 10.2 Å². The Kier molecular flexibility index (Phi) is 5.24. The highest BCUT2D eigenvalue weighted by atomic mass is 16.2. The number of anilines is 1. The van der Waals surface area contributed by atoms with Crippen molar-refractivity contribution in [1.82, 2.24) is 25.3 Å². The van der Waals surface area contributed by atoms with Crippen LogP contribution in [0.4, 0.5) is 5.82 Å². The Morgan fingerprint density at radius 2 is 2.07 bits per heavy atom. The first-order valence-electron chi connectivity index (χ1n) is 9.99. The number of nitrogens with one attached hydrogen (secondary N) is 1. The summed E-state index contributed by atoms with van der Waals surface area (Å²) in [5.74, 6) is 0.587. The van der Waals surface area contributed by atoms with Crippen LogP contribution in [-0.2, 0) is 0 Å². The lowest BCUT2D eigenvalue weighted by Crippen LogP contribution is -2.38. The summed E-state index contributed by atoms with van der Waals surface area (Å²) in [7, 11) is 0. The number of aryl methyl sites for hydroxylation is 1. The third-order valence-corrected chi connectivity index (χ3v) is 5.64. The number of aromatic nitrogens is 4.